The lowest BCUT2D eigenvalue weighted by Gasteiger charge is -2.16. The fourth-order valence-electron chi connectivity index (χ4n) is 3.39. The van der Waals surface area contributed by atoms with E-state index < -0.39 is 11.6 Å². The van der Waals surface area contributed by atoms with Crippen molar-refractivity contribution in [1.29, 1.82) is 0 Å². The number of hydrogen-bond acceptors (Lipinski definition) is 6. The lowest BCUT2D eigenvalue weighted by Crippen LogP contribution is -2.18. The average molecular weight is 365 g/mol. The summed E-state index contributed by atoms with van der Waals surface area (Å²) in [5.41, 5.74) is 8.13. The van der Waals surface area contributed by atoms with Crippen molar-refractivity contribution in [1.82, 2.24) is 9.97 Å². The van der Waals surface area contributed by atoms with Gasteiger partial charge in [-0.25, -0.2) is 14.4 Å². The van der Waals surface area contributed by atoms with Gasteiger partial charge in [0.1, 0.15) is 5.82 Å². The first-order valence-electron chi connectivity index (χ1n) is 8.84. The normalized spacial score (nSPS) is 14.5. The van der Waals surface area contributed by atoms with E-state index in [2.05, 4.69) is 19.9 Å². The SMILES string of the molecule is CN=Cc1cc(-c2ccc3nc(N4CCCC4)ccc3n2)c(O)c(F)c1N. The van der Waals surface area contributed by atoms with Crippen LogP contribution < -0.4 is 10.6 Å². The highest BCUT2D eigenvalue weighted by molar-refractivity contribution is 5.91. The predicted molar refractivity (Wildman–Crippen MR) is 106 cm³/mol. The minimum atomic E-state index is -0.869. The molecule has 0 bridgehead atoms. The molecule has 1 aliphatic heterocycles. The van der Waals surface area contributed by atoms with Crippen LogP contribution in [0.2, 0.25) is 0 Å². The summed E-state index contributed by atoms with van der Waals surface area (Å²) in [5.74, 6) is -0.446. The van der Waals surface area contributed by atoms with Crippen LogP contribution >= 0.6 is 0 Å². The fraction of sp³-hybridized carbons (Fsp3) is 0.250. The van der Waals surface area contributed by atoms with E-state index in [1.807, 2.05) is 18.2 Å². The number of nitrogens with zero attached hydrogens (tertiary/aromatic N) is 4. The van der Waals surface area contributed by atoms with Crippen LogP contribution in [-0.2, 0) is 0 Å². The van der Waals surface area contributed by atoms with Crippen LogP contribution in [0.1, 0.15) is 18.4 Å². The summed E-state index contributed by atoms with van der Waals surface area (Å²) in [6, 6.07) is 8.99. The summed E-state index contributed by atoms with van der Waals surface area (Å²) in [5, 5.41) is 10.2. The molecule has 0 atom stereocenters. The average Bonchev–Trinajstić information content (AvgIpc) is 3.22. The highest BCUT2D eigenvalue weighted by Gasteiger charge is 2.18. The molecule has 1 aromatic carbocycles. The Kier molecular flexibility index (Phi) is 4.35. The van der Waals surface area contributed by atoms with Crippen LogP contribution in [0.15, 0.2) is 35.3 Å². The van der Waals surface area contributed by atoms with Gasteiger partial charge < -0.3 is 15.7 Å². The van der Waals surface area contributed by atoms with E-state index in [0.29, 0.717) is 16.8 Å². The molecule has 0 radical (unpaired) electrons. The largest absolute Gasteiger partial charge is 0.504 e. The number of aromatic nitrogens is 2. The molecule has 6 nitrogen and oxygen atoms in total. The van der Waals surface area contributed by atoms with Gasteiger partial charge in [0, 0.05) is 37.5 Å². The van der Waals surface area contributed by atoms with Crippen molar-refractivity contribution in [3.05, 3.63) is 41.7 Å². The van der Waals surface area contributed by atoms with E-state index in [0.717, 1.165) is 24.4 Å². The molecule has 7 heteroatoms. The first-order chi connectivity index (χ1) is 13.1. The number of phenols is 1. The second kappa shape index (κ2) is 6.83. The number of aromatic hydroxyl groups is 1. The molecular formula is C20H20FN5O. The Morgan fingerprint density at radius 3 is 2.59 bits per heavy atom. The minimum absolute atomic E-state index is 0.139. The molecule has 138 valence electrons. The number of halogens is 1. The number of fused-ring (bicyclic) bond motifs is 1. The molecule has 2 aromatic heterocycles. The number of pyridine rings is 2. The molecule has 3 heterocycles. The molecule has 3 N–H and O–H groups in total. The number of benzene rings is 1. The number of phenolic OH excluding ortho intramolecular Hbond substituents is 1. The number of anilines is 2. The third kappa shape index (κ3) is 3.05. The fourth-order valence-corrected chi connectivity index (χ4v) is 3.39. The molecule has 1 saturated heterocycles. The zero-order valence-corrected chi connectivity index (χ0v) is 15.0. The lowest BCUT2D eigenvalue weighted by atomic mass is 10.0. The maximum absolute atomic E-state index is 14.3. The summed E-state index contributed by atoms with van der Waals surface area (Å²) in [6.45, 7) is 2.04. The van der Waals surface area contributed by atoms with Crippen molar-refractivity contribution in [2.75, 3.05) is 30.8 Å². The van der Waals surface area contributed by atoms with Gasteiger partial charge in [-0.05, 0) is 43.2 Å². The monoisotopic (exact) mass is 365 g/mol. The topological polar surface area (TPSA) is 87.6 Å². The molecule has 1 aliphatic rings. The zero-order valence-electron chi connectivity index (χ0n) is 15.0. The number of nitrogen functional groups attached to an aromatic ring is 1. The Morgan fingerprint density at radius 2 is 1.85 bits per heavy atom. The molecule has 27 heavy (non-hydrogen) atoms. The first-order valence-corrected chi connectivity index (χ1v) is 8.84. The van der Waals surface area contributed by atoms with Gasteiger partial charge >= 0.3 is 0 Å². The van der Waals surface area contributed by atoms with Gasteiger partial charge in [-0.1, -0.05) is 0 Å². The summed E-state index contributed by atoms with van der Waals surface area (Å²) < 4.78 is 14.3. The van der Waals surface area contributed by atoms with E-state index in [9.17, 15) is 9.50 Å². The molecule has 0 amide bonds. The van der Waals surface area contributed by atoms with Crippen LogP contribution in [0.3, 0.4) is 0 Å². The Bertz CT molecular complexity index is 1040. The van der Waals surface area contributed by atoms with Crippen LogP contribution in [0.25, 0.3) is 22.3 Å². The van der Waals surface area contributed by atoms with E-state index in [4.69, 9.17) is 5.73 Å². The van der Waals surface area contributed by atoms with Gasteiger partial charge in [-0.2, -0.15) is 0 Å². The second-order valence-electron chi connectivity index (χ2n) is 6.58. The van der Waals surface area contributed by atoms with Gasteiger partial charge in [0.15, 0.2) is 11.6 Å². The zero-order chi connectivity index (χ0) is 19.0. The van der Waals surface area contributed by atoms with E-state index in [-0.39, 0.29) is 11.3 Å². The summed E-state index contributed by atoms with van der Waals surface area (Å²) >= 11 is 0. The van der Waals surface area contributed by atoms with Crippen LogP contribution in [0.5, 0.6) is 5.75 Å². The van der Waals surface area contributed by atoms with Crippen molar-refractivity contribution >= 4 is 28.8 Å². The minimum Gasteiger partial charge on any atom is -0.504 e. The smallest absolute Gasteiger partial charge is 0.189 e. The standard InChI is InChI=1S/C20H20FN5O/c1-23-11-12-10-13(20(27)18(21)19(12)22)14-4-5-16-15(24-14)6-7-17(25-16)26-8-2-3-9-26/h4-7,10-11,27H,2-3,8-9,22H2,1H3. The van der Waals surface area contributed by atoms with E-state index >= 15 is 0 Å². The summed E-state index contributed by atoms with van der Waals surface area (Å²) in [4.78, 5) is 15.4. The first kappa shape index (κ1) is 17.2. The molecule has 4 rings (SSSR count). The highest BCUT2D eigenvalue weighted by atomic mass is 19.1. The molecule has 0 saturated carbocycles. The summed E-state index contributed by atoms with van der Waals surface area (Å²) in [6.07, 6.45) is 3.82. The van der Waals surface area contributed by atoms with Crippen molar-refractivity contribution in [3.63, 3.8) is 0 Å². The third-order valence-corrected chi connectivity index (χ3v) is 4.81. The Balaban J connectivity index is 1.79. The van der Waals surface area contributed by atoms with Crippen LogP contribution in [-0.4, -0.2) is 41.4 Å². The third-order valence-electron chi connectivity index (χ3n) is 4.81. The Hall–Kier alpha value is -3.22. The van der Waals surface area contributed by atoms with Gasteiger partial charge in [0.2, 0.25) is 0 Å². The maximum atomic E-state index is 14.3. The highest BCUT2D eigenvalue weighted by Crippen LogP contribution is 2.36. The number of nitrogens with two attached hydrogens (primary N) is 1. The molecule has 0 unspecified atom stereocenters. The maximum Gasteiger partial charge on any atom is 0.189 e. The second-order valence-corrected chi connectivity index (χ2v) is 6.58. The van der Waals surface area contributed by atoms with Gasteiger partial charge in [-0.15, -0.1) is 0 Å². The molecule has 3 aromatic rings. The number of rotatable bonds is 3. The van der Waals surface area contributed by atoms with E-state index in [1.54, 1.807) is 19.2 Å². The van der Waals surface area contributed by atoms with Crippen molar-refractivity contribution in [3.8, 4) is 17.0 Å². The van der Waals surface area contributed by atoms with Crippen LogP contribution in [0.4, 0.5) is 15.9 Å². The van der Waals surface area contributed by atoms with Gasteiger partial charge in [-0.3, -0.25) is 4.99 Å². The predicted octanol–water partition coefficient (Wildman–Crippen LogP) is 3.37. The van der Waals surface area contributed by atoms with Crippen LogP contribution in [0, 0.1) is 5.82 Å². The Labute approximate surface area is 156 Å². The van der Waals surface area contributed by atoms with Gasteiger partial charge in [0.05, 0.1) is 22.4 Å². The number of hydrogen-bond donors (Lipinski definition) is 2. The summed E-state index contributed by atoms with van der Waals surface area (Å²) in [7, 11) is 1.57. The lowest BCUT2D eigenvalue weighted by molar-refractivity contribution is 0.436. The molecule has 1 fully saturated rings. The molecule has 0 aliphatic carbocycles. The molecule has 0 spiro atoms. The van der Waals surface area contributed by atoms with E-state index in [1.165, 1.54) is 19.1 Å². The quantitative estimate of drug-likeness (QED) is 0.549. The van der Waals surface area contributed by atoms with Crippen molar-refractivity contribution < 1.29 is 9.50 Å². The van der Waals surface area contributed by atoms with Gasteiger partial charge in [0.25, 0.3) is 0 Å². The molecular weight excluding hydrogens is 345 g/mol. The number of aliphatic imine (C=N–C) groups is 1. The Morgan fingerprint density at radius 1 is 1.15 bits per heavy atom. The van der Waals surface area contributed by atoms with Crippen molar-refractivity contribution in [2.24, 2.45) is 4.99 Å². The van der Waals surface area contributed by atoms with Crippen molar-refractivity contribution in [2.45, 2.75) is 12.8 Å².